The van der Waals surface area contributed by atoms with Gasteiger partial charge in [-0.1, -0.05) is 43.8 Å². The van der Waals surface area contributed by atoms with Crippen LogP contribution in [0.25, 0.3) is 0 Å². The van der Waals surface area contributed by atoms with Gasteiger partial charge in [0.2, 0.25) is 0 Å². The fraction of sp³-hybridized carbons (Fsp3) is 0.385. The fourth-order valence-corrected chi connectivity index (χ4v) is 2.81. The molecule has 0 saturated heterocycles. The summed E-state index contributed by atoms with van der Waals surface area (Å²) in [6.07, 6.45) is 2.61. The summed E-state index contributed by atoms with van der Waals surface area (Å²) in [5.41, 5.74) is 1.32. The molecule has 2 aromatic rings. The average Bonchev–Trinajstić information content (AvgIpc) is 2.90. The second-order valence-electron chi connectivity index (χ2n) is 3.95. The van der Waals surface area contributed by atoms with E-state index in [1.165, 1.54) is 16.8 Å². The summed E-state index contributed by atoms with van der Waals surface area (Å²) in [5.74, 6) is 0. The average molecular weight is 262 g/mol. The number of benzene rings is 1. The van der Waals surface area contributed by atoms with E-state index in [0.717, 1.165) is 18.1 Å². The Balaban J connectivity index is 2.24. The van der Waals surface area contributed by atoms with Gasteiger partial charge in [0.25, 0.3) is 0 Å². The zero-order valence-electron chi connectivity index (χ0n) is 10.7. The highest BCUT2D eigenvalue weighted by atomic mass is 32.2. The molecule has 0 aliphatic heterocycles. The second-order valence-corrected chi connectivity index (χ2v) is 4.98. The van der Waals surface area contributed by atoms with Gasteiger partial charge in [-0.2, -0.15) is 5.10 Å². The van der Waals surface area contributed by atoms with Crippen molar-refractivity contribution in [2.24, 2.45) is 0 Å². The molecule has 5 heteroatoms. The monoisotopic (exact) mass is 262 g/mol. The predicted octanol–water partition coefficient (Wildman–Crippen LogP) is 3.02. The first-order chi connectivity index (χ1) is 8.85. The van der Waals surface area contributed by atoms with E-state index in [2.05, 4.69) is 58.6 Å². The van der Waals surface area contributed by atoms with Crippen LogP contribution in [0.1, 0.15) is 31.9 Å². The van der Waals surface area contributed by atoms with Crippen molar-refractivity contribution in [3.05, 3.63) is 36.2 Å². The molecule has 1 atom stereocenters. The molecule has 0 bridgehead atoms. The van der Waals surface area contributed by atoms with E-state index in [1.54, 1.807) is 11.8 Å². The number of aromatic amines is 1. The standard InChI is InChI=1S/C13H18N4S/c1-3-11(14-4-2)10-7-5-6-8-12(10)18-13-15-9-16-17-13/h5-9,11,14H,3-4H2,1-2H3,(H,15,16,17). The lowest BCUT2D eigenvalue weighted by atomic mass is 10.0. The van der Waals surface area contributed by atoms with Gasteiger partial charge in [-0.05, 0) is 24.6 Å². The number of hydrogen-bond acceptors (Lipinski definition) is 4. The first-order valence-corrected chi connectivity index (χ1v) is 7.02. The van der Waals surface area contributed by atoms with E-state index in [-0.39, 0.29) is 0 Å². The molecule has 0 radical (unpaired) electrons. The smallest absolute Gasteiger partial charge is 0.188 e. The van der Waals surface area contributed by atoms with Crippen molar-refractivity contribution in [3.63, 3.8) is 0 Å². The first-order valence-electron chi connectivity index (χ1n) is 6.20. The van der Waals surface area contributed by atoms with Crippen molar-refractivity contribution < 1.29 is 0 Å². The lowest BCUT2D eigenvalue weighted by Crippen LogP contribution is -2.20. The topological polar surface area (TPSA) is 53.6 Å². The maximum Gasteiger partial charge on any atom is 0.188 e. The third-order valence-corrected chi connectivity index (χ3v) is 3.73. The Morgan fingerprint density at radius 2 is 2.17 bits per heavy atom. The summed E-state index contributed by atoms with van der Waals surface area (Å²) >= 11 is 1.62. The van der Waals surface area contributed by atoms with E-state index in [4.69, 9.17) is 0 Å². The molecule has 0 saturated carbocycles. The summed E-state index contributed by atoms with van der Waals surface area (Å²) in [4.78, 5) is 5.38. The minimum absolute atomic E-state index is 0.390. The highest BCUT2D eigenvalue weighted by molar-refractivity contribution is 7.99. The Morgan fingerprint density at radius 3 is 2.83 bits per heavy atom. The molecule has 0 amide bonds. The molecule has 1 aromatic heterocycles. The molecule has 2 N–H and O–H groups in total. The number of aromatic nitrogens is 3. The van der Waals surface area contributed by atoms with Crippen LogP contribution in [0.5, 0.6) is 0 Å². The molecule has 0 aliphatic carbocycles. The Labute approximate surface area is 112 Å². The number of nitrogens with zero attached hydrogens (tertiary/aromatic N) is 2. The Bertz CT molecular complexity index is 470. The van der Waals surface area contributed by atoms with Crippen molar-refractivity contribution in [2.45, 2.75) is 36.4 Å². The van der Waals surface area contributed by atoms with Gasteiger partial charge in [-0.3, -0.25) is 5.10 Å². The molecule has 0 aliphatic rings. The highest BCUT2D eigenvalue weighted by Crippen LogP contribution is 2.32. The quantitative estimate of drug-likeness (QED) is 0.840. The SMILES string of the molecule is CCNC(CC)c1ccccc1Sc1ncn[nH]1. The van der Waals surface area contributed by atoms with Crippen LogP contribution in [0.15, 0.2) is 40.6 Å². The Morgan fingerprint density at radius 1 is 1.33 bits per heavy atom. The molecule has 1 unspecified atom stereocenters. The summed E-state index contributed by atoms with van der Waals surface area (Å²) in [6, 6.07) is 8.83. The van der Waals surface area contributed by atoms with Gasteiger partial charge in [-0.15, -0.1) is 0 Å². The lowest BCUT2D eigenvalue weighted by molar-refractivity contribution is 0.530. The van der Waals surface area contributed by atoms with E-state index in [9.17, 15) is 0 Å². The van der Waals surface area contributed by atoms with Crippen molar-refractivity contribution in [3.8, 4) is 0 Å². The Kier molecular flexibility index (Phi) is 4.78. The van der Waals surface area contributed by atoms with Crippen LogP contribution < -0.4 is 5.32 Å². The molecular formula is C13H18N4S. The van der Waals surface area contributed by atoms with Crippen LogP contribution in [-0.2, 0) is 0 Å². The molecule has 4 nitrogen and oxygen atoms in total. The van der Waals surface area contributed by atoms with Gasteiger partial charge in [0.15, 0.2) is 5.16 Å². The van der Waals surface area contributed by atoms with Crippen LogP contribution in [0, 0.1) is 0 Å². The zero-order chi connectivity index (χ0) is 12.8. The maximum absolute atomic E-state index is 4.16. The van der Waals surface area contributed by atoms with Crippen molar-refractivity contribution in [2.75, 3.05) is 6.54 Å². The third kappa shape index (κ3) is 3.11. The summed E-state index contributed by atoms with van der Waals surface area (Å²) in [5, 5.41) is 11.1. The largest absolute Gasteiger partial charge is 0.310 e. The number of hydrogen-bond donors (Lipinski definition) is 2. The zero-order valence-corrected chi connectivity index (χ0v) is 11.5. The Hall–Kier alpha value is -1.33. The van der Waals surface area contributed by atoms with Crippen molar-refractivity contribution in [1.29, 1.82) is 0 Å². The first kappa shape index (κ1) is 13.1. The molecule has 0 fully saturated rings. The molecule has 18 heavy (non-hydrogen) atoms. The maximum atomic E-state index is 4.16. The van der Waals surface area contributed by atoms with Gasteiger partial charge in [0, 0.05) is 10.9 Å². The molecule has 0 spiro atoms. The van der Waals surface area contributed by atoms with Crippen LogP contribution in [0.4, 0.5) is 0 Å². The van der Waals surface area contributed by atoms with Crippen LogP contribution in [0.2, 0.25) is 0 Å². The number of rotatable bonds is 6. The fourth-order valence-electron chi connectivity index (χ4n) is 1.93. The molecule has 1 aromatic carbocycles. The molecular weight excluding hydrogens is 244 g/mol. The highest BCUT2D eigenvalue weighted by Gasteiger charge is 2.13. The van der Waals surface area contributed by atoms with Crippen LogP contribution in [0.3, 0.4) is 0 Å². The van der Waals surface area contributed by atoms with Crippen molar-refractivity contribution in [1.82, 2.24) is 20.5 Å². The lowest BCUT2D eigenvalue weighted by Gasteiger charge is -2.19. The van der Waals surface area contributed by atoms with Gasteiger partial charge in [0.1, 0.15) is 6.33 Å². The number of H-pyrrole nitrogens is 1. The predicted molar refractivity (Wildman–Crippen MR) is 73.7 cm³/mol. The van der Waals surface area contributed by atoms with Crippen LogP contribution in [-0.4, -0.2) is 21.7 Å². The van der Waals surface area contributed by atoms with Gasteiger partial charge in [-0.25, -0.2) is 4.98 Å². The minimum atomic E-state index is 0.390. The molecule has 96 valence electrons. The van der Waals surface area contributed by atoms with Gasteiger partial charge in [0.05, 0.1) is 0 Å². The second kappa shape index (κ2) is 6.56. The molecule has 1 heterocycles. The number of nitrogens with one attached hydrogen (secondary N) is 2. The summed E-state index contributed by atoms with van der Waals surface area (Å²) < 4.78 is 0. The summed E-state index contributed by atoms with van der Waals surface area (Å²) in [7, 11) is 0. The van der Waals surface area contributed by atoms with Gasteiger partial charge >= 0.3 is 0 Å². The van der Waals surface area contributed by atoms with E-state index in [1.807, 2.05) is 0 Å². The third-order valence-electron chi connectivity index (χ3n) is 2.75. The van der Waals surface area contributed by atoms with Gasteiger partial charge < -0.3 is 5.32 Å². The summed E-state index contributed by atoms with van der Waals surface area (Å²) in [6.45, 7) is 5.30. The minimum Gasteiger partial charge on any atom is -0.310 e. The van der Waals surface area contributed by atoms with E-state index >= 15 is 0 Å². The van der Waals surface area contributed by atoms with Crippen molar-refractivity contribution >= 4 is 11.8 Å². The normalized spacial score (nSPS) is 12.6. The van der Waals surface area contributed by atoms with E-state index < -0.39 is 0 Å². The molecule has 2 rings (SSSR count). The van der Waals surface area contributed by atoms with Crippen LogP contribution >= 0.6 is 11.8 Å². The van der Waals surface area contributed by atoms with E-state index in [0.29, 0.717) is 6.04 Å².